The minimum absolute atomic E-state index is 0.491. The lowest BCUT2D eigenvalue weighted by Gasteiger charge is -1.99. The van der Waals surface area contributed by atoms with E-state index in [1.165, 1.54) is 20.9 Å². The van der Waals surface area contributed by atoms with Gasteiger partial charge in [-0.25, -0.2) is 0 Å². The molecule has 6 nitrogen and oxygen atoms in total. The van der Waals surface area contributed by atoms with Crippen molar-refractivity contribution >= 4 is 40.0 Å². The van der Waals surface area contributed by atoms with Gasteiger partial charge in [-0.05, 0) is 52.4 Å². The Kier molecular flexibility index (Phi) is 4.00. The number of hydrogen-bond donors (Lipinski definition) is 0. The predicted octanol–water partition coefficient (Wildman–Crippen LogP) is 3.68. The molecular weight excluding hydrogens is 425 g/mol. The van der Waals surface area contributed by atoms with Gasteiger partial charge in [0.25, 0.3) is 5.22 Å². The van der Waals surface area contributed by atoms with Crippen molar-refractivity contribution in [2.45, 2.75) is 11.0 Å². The van der Waals surface area contributed by atoms with E-state index in [0.717, 1.165) is 17.0 Å². The number of pyridine rings is 1. The summed E-state index contributed by atoms with van der Waals surface area (Å²) in [4.78, 5) is 0. The summed E-state index contributed by atoms with van der Waals surface area (Å²) in [7, 11) is 0. The van der Waals surface area contributed by atoms with E-state index in [-0.39, 0.29) is 0 Å². The molecule has 0 amide bonds. The zero-order valence-electron chi connectivity index (χ0n) is 11.8. The zero-order chi connectivity index (χ0) is 15.6. The first kappa shape index (κ1) is 14.6. The molecule has 1 aromatic carbocycles. The molecule has 3 aromatic heterocycles. The van der Waals surface area contributed by atoms with Crippen LogP contribution in [-0.2, 0) is 5.75 Å². The molecule has 0 aliphatic carbocycles. The number of aromatic nitrogens is 5. The van der Waals surface area contributed by atoms with Crippen LogP contribution in [0, 0.1) is 3.57 Å². The van der Waals surface area contributed by atoms with E-state index < -0.39 is 0 Å². The summed E-state index contributed by atoms with van der Waals surface area (Å²) in [5.74, 6) is 1.29. The minimum atomic E-state index is 0.491. The average Bonchev–Trinajstić information content (AvgIpc) is 3.21. The monoisotopic (exact) mass is 435 g/mol. The zero-order valence-corrected chi connectivity index (χ0v) is 14.7. The van der Waals surface area contributed by atoms with Gasteiger partial charge in [-0.2, -0.15) is 0 Å². The first-order valence-electron chi connectivity index (χ1n) is 6.78. The highest BCUT2D eigenvalue weighted by molar-refractivity contribution is 14.1. The van der Waals surface area contributed by atoms with Crippen LogP contribution in [0.15, 0.2) is 58.6 Å². The number of rotatable bonds is 4. The molecule has 0 N–H and O–H groups in total. The summed E-state index contributed by atoms with van der Waals surface area (Å²) in [6.07, 6.45) is 3.51. The third-order valence-corrected chi connectivity index (χ3v) is 4.76. The summed E-state index contributed by atoms with van der Waals surface area (Å²) >= 11 is 3.83. The molecule has 0 radical (unpaired) electrons. The lowest BCUT2D eigenvalue weighted by atomic mass is 10.2. The van der Waals surface area contributed by atoms with Crippen LogP contribution in [0.2, 0.25) is 0 Å². The number of fused-ring (bicyclic) bond motifs is 1. The largest absolute Gasteiger partial charge is 0.411 e. The molecule has 4 rings (SSSR count). The molecule has 3 heterocycles. The van der Waals surface area contributed by atoms with Gasteiger partial charge in [-0.3, -0.25) is 4.40 Å². The molecule has 0 saturated carbocycles. The van der Waals surface area contributed by atoms with Crippen molar-refractivity contribution in [1.82, 2.24) is 24.8 Å². The van der Waals surface area contributed by atoms with E-state index >= 15 is 0 Å². The average molecular weight is 435 g/mol. The standard InChI is InChI=1S/C15H10IN5OS/c16-12-3-1-2-10(6-12)8-23-15-20-19-14(22-15)11-4-5-13-18-17-9-21(13)7-11/h1-7,9H,8H2. The molecule has 0 aliphatic heterocycles. The Morgan fingerprint density at radius 3 is 3.00 bits per heavy atom. The Labute approximate surface area is 149 Å². The van der Waals surface area contributed by atoms with Crippen molar-refractivity contribution in [2.75, 3.05) is 0 Å². The van der Waals surface area contributed by atoms with Gasteiger partial charge in [0.05, 0.1) is 5.56 Å². The van der Waals surface area contributed by atoms with Gasteiger partial charge in [-0.1, -0.05) is 23.9 Å². The van der Waals surface area contributed by atoms with Gasteiger partial charge in [-0.15, -0.1) is 20.4 Å². The highest BCUT2D eigenvalue weighted by Gasteiger charge is 2.10. The Balaban J connectivity index is 1.52. The van der Waals surface area contributed by atoms with E-state index in [4.69, 9.17) is 4.42 Å². The van der Waals surface area contributed by atoms with Crippen molar-refractivity contribution < 1.29 is 4.42 Å². The van der Waals surface area contributed by atoms with Crippen molar-refractivity contribution in [2.24, 2.45) is 0 Å². The smallest absolute Gasteiger partial charge is 0.277 e. The molecule has 0 unspecified atom stereocenters. The minimum Gasteiger partial charge on any atom is -0.411 e. The Morgan fingerprint density at radius 1 is 1.13 bits per heavy atom. The van der Waals surface area contributed by atoms with E-state index in [9.17, 15) is 0 Å². The first-order valence-corrected chi connectivity index (χ1v) is 8.85. The highest BCUT2D eigenvalue weighted by Crippen LogP contribution is 2.26. The first-order chi connectivity index (χ1) is 11.3. The molecule has 4 aromatic rings. The summed E-state index contributed by atoms with van der Waals surface area (Å²) < 4.78 is 8.77. The highest BCUT2D eigenvalue weighted by atomic mass is 127. The number of halogens is 1. The maximum absolute atomic E-state index is 5.73. The van der Waals surface area contributed by atoms with Crippen LogP contribution in [-0.4, -0.2) is 24.8 Å². The van der Waals surface area contributed by atoms with Gasteiger partial charge >= 0.3 is 0 Å². The van der Waals surface area contributed by atoms with Gasteiger partial charge in [0, 0.05) is 15.5 Å². The topological polar surface area (TPSA) is 69.1 Å². The van der Waals surface area contributed by atoms with E-state index in [2.05, 4.69) is 61.2 Å². The van der Waals surface area contributed by atoms with Crippen molar-refractivity contribution in [1.29, 1.82) is 0 Å². The fourth-order valence-electron chi connectivity index (χ4n) is 2.11. The fourth-order valence-corrected chi connectivity index (χ4v) is 3.42. The molecule has 0 saturated heterocycles. The molecule has 0 bridgehead atoms. The normalized spacial score (nSPS) is 11.2. The maximum atomic E-state index is 5.73. The molecule has 0 fully saturated rings. The van der Waals surface area contributed by atoms with Gasteiger partial charge in [0.2, 0.25) is 5.89 Å². The lowest BCUT2D eigenvalue weighted by molar-refractivity contribution is 0.465. The predicted molar refractivity (Wildman–Crippen MR) is 95.0 cm³/mol. The van der Waals surface area contributed by atoms with Gasteiger partial charge in [0.15, 0.2) is 5.65 Å². The second-order valence-corrected chi connectivity index (χ2v) is 6.98. The molecule has 8 heteroatoms. The summed E-state index contributed by atoms with van der Waals surface area (Å²) in [6.45, 7) is 0. The number of benzene rings is 1. The van der Waals surface area contributed by atoms with E-state index in [0.29, 0.717) is 11.1 Å². The second-order valence-electron chi connectivity index (χ2n) is 4.81. The summed E-state index contributed by atoms with van der Waals surface area (Å²) in [6, 6.07) is 12.1. The molecule has 114 valence electrons. The Bertz CT molecular complexity index is 967. The number of hydrogen-bond acceptors (Lipinski definition) is 6. The number of nitrogens with zero attached hydrogens (tertiary/aromatic N) is 5. The molecule has 0 spiro atoms. The van der Waals surface area contributed by atoms with Crippen LogP contribution < -0.4 is 0 Å². The van der Waals surface area contributed by atoms with Crippen LogP contribution in [0.4, 0.5) is 0 Å². The summed E-state index contributed by atoms with van der Waals surface area (Å²) in [5.41, 5.74) is 2.85. The van der Waals surface area contributed by atoms with Crippen LogP contribution >= 0.6 is 34.4 Å². The van der Waals surface area contributed by atoms with E-state index in [1.807, 2.05) is 28.8 Å². The quantitative estimate of drug-likeness (QED) is 0.360. The van der Waals surface area contributed by atoms with Crippen LogP contribution in [0.3, 0.4) is 0 Å². The van der Waals surface area contributed by atoms with Crippen LogP contribution in [0.1, 0.15) is 5.56 Å². The Hall–Kier alpha value is -1.94. The maximum Gasteiger partial charge on any atom is 0.277 e. The number of thioether (sulfide) groups is 1. The fraction of sp³-hybridized carbons (Fsp3) is 0.0667. The molecular formula is C15H10IN5OS. The van der Waals surface area contributed by atoms with Gasteiger partial charge < -0.3 is 4.42 Å². The summed E-state index contributed by atoms with van der Waals surface area (Å²) in [5, 5.41) is 16.6. The van der Waals surface area contributed by atoms with E-state index in [1.54, 1.807) is 6.33 Å². The second kappa shape index (κ2) is 6.28. The van der Waals surface area contributed by atoms with Gasteiger partial charge in [0.1, 0.15) is 6.33 Å². The van der Waals surface area contributed by atoms with Crippen molar-refractivity contribution in [3.8, 4) is 11.5 Å². The molecule has 23 heavy (non-hydrogen) atoms. The third kappa shape index (κ3) is 3.22. The van der Waals surface area contributed by atoms with Crippen LogP contribution in [0.5, 0.6) is 0 Å². The SMILES string of the molecule is Ic1cccc(CSc2nnc(-c3ccc4nncn4c3)o2)c1. The molecule has 0 aliphatic rings. The third-order valence-electron chi connectivity index (χ3n) is 3.20. The Morgan fingerprint density at radius 2 is 2.09 bits per heavy atom. The lowest BCUT2D eigenvalue weighted by Crippen LogP contribution is -1.85. The van der Waals surface area contributed by atoms with Crippen molar-refractivity contribution in [3.63, 3.8) is 0 Å². The molecule has 0 atom stereocenters. The van der Waals surface area contributed by atoms with Crippen LogP contribution in [0.25, 0.3) is 17.1 Å². The van der Waals surface area contributed by atoms with Crippen molar-refractivity contribution in [3.05, 3.63) is 58.1 Å².